The van der Waals surface area contributed by atoms with Crippen molar-refractivity contribution >= 4 is 37.9 Å². The molecular formula is CH2PbS2. The Morgan fingerprint density at radius 1 is 1.50 bits per heavy atom. The van der Waals surface area contributed by atoms with E-state index in [0.717, 1.165) is 0 Å². The quantitative estimate of drug-likeness (QED) is 0.608. The van der Waals surface area contributed by atoms with Crippen molar-refractivity contribution in [1.82, 2.24) is 0 Å². The summed E-state index contributed by atoms with van der Waals surface area (Å²) < 4.78 is 0. The minimum absolute atomic E-state index is 0.0802. The first-order chi connectivity index (χ1) is 2.00. The van der Waals surface area contributed by atoms with E-state index in [9.17, 15) is 0 Å². The van der Waals surface area contributed by atoms with Crippen LogP contribution in [0.2, 0.25) is 0 Å². The molecular weight excluding hydrogens is 283 g/mol. The molecule has 0 saturated carbocycles. The molecule has 1 rings (SSSR count). The van der Waals surface area contributed by atoms with Gasteiger partial charge in [0.2, 0.25) is 0 Å². The fraction of sp³-hybridized carbons (Fsp3) is 1.00. The van der Waals surface area contributed by atoms with Crippen molar-refractivity contribution < 1.29 is 0 Å². The zero-order valence-electron chi connectivity index (χ0n) is 2.02. The molecule has 1 aliphatic rings. The van der Waals surface area contributed by atoms with Crippen molar-refractivity contribution in [3.05, 3.63) is 0 Å². The maximum atomic E-state index is 2.19. The van der Waals surface area contributed by atoms with Gasteiger partial charge in [-0.2, -0.15) is 0 Å². The van der Waals surface area contributed by atoms with Gasteiger partial charge in [-0.3, -0.25) is 0 Å². The van der Waals surface area contributed by atoms with Gasteiger partial charge in [-0.05, 0) is 0 Å². The number of hydrogen-bond acceptors (Lipinski definition) is 2. The molecule has 4 heavy (non-hydrogen) atoms. The van der Waals surface area contributed by atoms with Crippen LogP contribution in [-0.2, 0) is 0 Å². The molecule has 0 atom stereocenters. The first kappa shape index (κ1) is 3.80. The third kappa shape index (κ3) is 0.788. The molecule has 22 valence electrons. The third-order valence-corrected chi connectivity index (χ3v) is 18.6. The average molecular weight is 285 g/mol. The van der Waals surface area contributed by atoms with E-state index in [-0.39, 0.29) is 21.2 Å². The Hall–Kier alpha value is 1.62. The molecule has 0 aliphatic carbocycles. The monoisotopic (exact) mass is 286 g/mol. The van der Waals surface area contributed by atoms with Crippen LogP contribution in [0.5, 0.6) is 0 Å². The summed E-state index contributed by atoms with van der Waals surface area (Å²) in [6, 6.07) is 0. The molecule has 0 unspecified atom stereocenters. The summed E-state index contributed by atoms with van der Waals surface area (Å²) in [5.41, 5.74) is 0. The zero-order chi connectivity index (χ0) is 2.83. The van der Waals surface area contributed by atoms with Gasteiger partial charge in [0, 0.05) is 0 Å². The van der Waals surface area contributed by atoms with E-state index in [4.69, 9.17) is 0 Å². The van der Waals surface area contributed by atoms with E-state index >= 15 is 0 Å². The van der Waals surface area contributed by atoms with Crippen LogP contribution in [0.4, 0.5) is 0 Å². The summed E-state index contributed by atoms with van der Waals surface area (Å²) in [6.07, 6.45) is 0. The summed E-state index contributed by atoms with van der Waals surface area (Å²) in [7, 11) is 4.39. The van der Waals surface area contributed by atoms with Crippen molar-refractivity contribution in [1.29, 1.82) is 0 Å². The normalized spacial score (nSPS) is 24.0. The summed E-state index contributed by atoms with van der Waals surface area (Å²) >= 11 is 0.0802. The van der Waals surface area contributed by atoms with Gasteiger partial charge in [-0.15, -0.1) is 0 Å². The number of rotatable bonds is 0. The summed E-state index contributed by atoms with van der Waals surface area (Å²) in [6.45, 7) is 0. The molecule has 1 heterocycles. The molecule has 0 amide bonds. The first-order valence-corrected chi connectivity index (χ1v) is 12.5. The Morgan fingerprint density at radius 3 is 1.75 bits per heavy atom. The van der Waals surface area contributed by atoms with Gasteiger partial charge in [0.05, 0.1) is 0 Å². The molecule has 0 nitrogen and oxygen atoms in total. The van der Waals surface area contributed by atoms with E-state index in [2.05, 4.69) is 16.6 Å². The second kappa shape index (κ2) is 1.92. The molecule has 0 aromatic heterocycles. The van der Waals surface area contributed by atoms with E-state index in [1.54, 1.807) is 0 Å². The van der Waals surface area contributed by atoms with Crippen LogP contribution >= 0.6 is 16.6 Å². The SMILES string of the molecule is C1[S][Pb][S]1. The van der Waals surface area contributed by atoms with Crippen LogP contribution in [0, 0.1) is 0 Å². The Morgan fingerprint density at radius 2 is 1.75 bits per heavy atom. The van der Waals surface area contributed by atoms with Gasteiger partial charge in [0.15, 0.2) is 0 Å². The van der Waals surface area contributed by atoms with Gasteiger partial charge in [0.1, 0.15) is 0 Å². The van der Waals surface area contributed by atoms with Crippen molar-refractivity contribution in [3.8, 4) is 0 Å². The Bertz CT molecular complexity index is 14.0. The van der Waals surface area contributed by atoms with Crippen LogP contribution in [-0.4, -0.2) is 26.3 Å². The van der Waals surface area contributed by atoms with Crippen LogP contribution in [0.25, 0.3) is 0 Å². The molecule has 1 saturated heterocycles. The molecule has 3 heteroatoms. The molecule has 0 aromatic rings. The van der Waals surface area contributed by atoms with Gasteiger partial charge < -0.3 is 0 Å². The third-order valence-electron chi connectivity index (χ3n) is 0.236. The second-order valence-corrected chi connectivity index (χ2v) is 15.2. The standard InChI is InChI=1S/CH4S2.Pb/c2-1-3;/h2-3H,1H2;/q;+2/p-2. The molecule has 0 spiro atoms. The predicted molar refractivity (Wildman–Crippen MR) is 25.8 cm³/mol. The molecule has 0 aromatic carbocycles. The summed E-state index contributed by atoms with van der Waals surface area (Å²) in [5, 5.41) is 1.42. The van der Waals surface area contributed by atoms with Crippen molar-refractivity contribution in [3.63, 3.8) is 0 Å². The van der Waals surface area contributed by atoms with Crippen LogP contribution in [0.1, 0.15) is 0 Å². The van der Waals surface area contributed by atoms with Gasteiger partial charge >= 0.3 is 42.9 Å². The fourth-order valence-corrected chi connectivity index (χ4v) is 4.65. The van der Waals surface area contributed by atoms with Gasteiger partial charge in [-0.1, -0.05) is 0 Å². The maximum absolute atomic E-state index is 2.19. The predicted octanol–water partition coefficient (Wildman–Crippen LogP) is 0.958. The molecule has 1 fully saturated rings. The van der Waals surface area contributed by atoms with Crippen molar-refractivity contribution in [2.24, 2.45) is 0 Å². The Balaban J connectivity index is 2.00. The topological polar surface area (TPSA) is 0 Å². The fourth-order valence-electron chi connectivity index (χ4n) is 0.0589. The molecule has 1 aliphatic heterocycles. The zero-order valence-corrected chi connectivity index (χ0v) is 7.54. The molecule has 2 radical (unpaired) electrons. The molecule has 0 N–H and O–H groups in total. The second-order valence-electron chi connectivity index (χ2n) is 0.490. The van der Waals surface area contributed by atoms with E-state index < -0.39 is 0 Å². The van der Waals surface area contributed by atoms with Gasteiger partial charge in [0.25, 0.3) is 0 Å². The summed E-state index contributed by atoms with van der Waals surface area (Å²) in [5.74, 6) is 0. The first-order valence-electron chi connectivity index (χ1n) is 0.986. The minimum atomic E-state index is 0.0802. The summed E-state index contributed by atoms with van der Waals surface area (Å²) in [4.78, 5) is 0. The van der Waals surface area contributed by atoms with Crippen molar-refractivity contribution in [2.75, 3.05) is 5.08 Å². The van der Waals surface area contributed by atoms with Crippen molar-refractivity contribution in [2.45, 2.75) is 0 Å². The Kier molecular flexibility index (Phi) is 1.82. The van der Waals surface area contributed by atoms with E-state index in [0.29, 0.717) is 0 Å². The van der Waals surface area contributed by atoms with E-state index in [1.807, 2.05) is 0 Å². The Labute approximate surface area is 42.6 Å². The average Bonchev–Trinajstić information content (AvgIpc) is 0.722. The van der Waals surface area contributed by atoms with Crippen LogP contribution in [0.3, 0.4) is 0 Å². The van der Waals surface area contributed by atoms with Crippen LogP contribution < -0.4 is 0 Å². The number of hydrogen-bond donors (Lipinski definition) is 0. The van der Waals surface area contributed by atoms with Gasteiger partial charge in [-0.25, -0.2) is 0 Å². The van der Waals surface area contributed by atoms with Crippen LogP contribution in [0.15, 0.2) is 0 Å². The molecule has 0 bridgehead atoms. The van der Waals surface area contributed by atoms with E-state index in [1.165, 1.54) is 5.08 Å².